The van der Waals surface area contributed by atoms with E-state index in [0.717, 1.165) is 85.0 Å². The van der Waals surface area contributed by atoms with Crippen LogP contribution in [0.25, 0.3) is 16.6 Å². The highest BCUT2D eigenvalue weighted by Crippen LogP contribution is 2.28. The molecule has 0 unspecified atom stereocenters. The second-order valence-electron chi connectivity index (χ2n) is 9.71. The van der Waals surface area contributed by atoms with Crippen LogP contribution in [0.2, 0.25) is 0 Å². The van der Waals surface area contributed by atoms with Gasteiger partial charge in [-0.15, -0.1) is 5.10 Å². The van der Waals surface area contributed by atoms with Crippen LogP contribution in [0.3, 0.4) is 0 Å². The zero-order valence-corrected chi connectivity index (χ0v) is 20.4. The third kappa shape index (κ3) is 4.38. The lowest BCUT2D eigenvalue weighted by atomic mass is 9.90. The first kappa shape index (κ1) is 21.8. The largest absolute Gasteiger partial charge is 0.341 e. The van der Waals surface area contributed by atoms with Crippen molar-refractivity contribution in [2.75, 3.05) is 18.0 Å². The summed E-state index contributed by atoms with van der Waals surface area (Å²) in [6.07, 6.45) is 4.19. The molecule has 2 aromatic carbocycles. The van der Waals surface area contributed by atoms with Gasteiger partial charge in [-0.2, -0.15) is 9.61 Å². The van der Waals surface area contributed by atoms with E-state index in [1.165, 1.54) is 5.56 Å². The molecule has 3 aromatic heterocycles. The van der Waals surface area contributed by atoms with Gasteiger partial charge in [0.1, 0.15) is 0 Å². The molecule has 7 nitrogen and oxygen atoms in total. The summed E-state index contributed by atoms with van der Waals surface area (Å²) in [6.45, 7) is 6.85. The molecule has 0 spiro atoms. The third-order valence-electron chi connectivity index (χ3n) is 7.12. The monoisotopic (exact) mass is 465 g/mol. The Morgan fingerprint density at radius 3 is 2.43 bits per heavy atom. The third-order valence-corrected chi connectivity index (χ3v) is 7.12. The molecular weight excluding hydrogens is 434 g/mol. The van der Waals surface area contributed by atoms with Crippen molar-refractivity contribution in [3.63, 3.8) is 0 Å². The SMILES string of the molecule is Cc1cc(C)n(CCc2nc3c4ccccc4nc(N4CCC(Cc5ccccc5)CC4)n3n2)n1. The van der Waals surface area contributed by atoms with Crippen LogP contribution in [0.5, 0.6) is 0 Å². The quantitative estimate of drug-likeness (QED) is 0.361. The smallest absolute Gasteiger partial charge is 0.229 e. The van der Waals surface area contributed by atoms with E-state index in [4.69, 9.17) is 15.1 Å². The Morgan fingerprint density at radius 1 is 0.886 bits per heavy atom. The topological polar surface area (TPSA) is 64.1 Å². The van der Waals surface area contributed by atoms with Crippen molar-refractivity contribution in [3.05, 3.63) is 83.4 Å². The molecule has 35 heavy (non-hydrogen) atoms. The summed E-state index contributed by atoms with van der Waals surface area (Å²) in [6, 6.07) is 21.2. The number of nitrogens with zero attached hydrogens (tertiary/aromatic N) is 7. The Morgan fingerprint density at radius 2 is 1.66 bits per heavy atom. The average molecular weight is 466 g/mol. The van der Waals surface area contributed by atoms with Crippen LogP contribution < -0.4 is 4.90 Å². The predicted molar refractivity (Wildman–Crippen MR) is 139 cm³/mol. The Balaban J connectivity index is 1.27. The van der Waals surface area contributed by atoms with Crippen molar-refractivity contribution < 1.29 is 0 Å². The second kappa shape index (κ2) is 9.13. The summed E-state index contributed by atoms with van der Waals surface area (Å²) in [7, 11) is 0. The summed E-state index contributed by atoms with van der Waals surface area (Å²) >= 11 is 0. The fraction of sp³-hybridized carbons (Fsp3) is 0.357. The summed E-state index contributed by atoms with van der Waals surface area (Å²) < 4.78 is 4.01. The number of fused-ring (bicyclic) bond motifs is 3. The molecule has 0 atom stereocenters. The molecule has 5 aromatic rings. The van der Waals surface area contributed by atoms with E-state index >= 15 is 0 Å². The summed E-state index contributed by atoms with van der Waals surface area (Å²) in [5, 5.41) is 10.6. The maximum absolute atomic E-state index is 5.05. The molecule has 4 heterocycles. The van der Waals surface area contributed by atoms with Crippen molar-refractivity contribution in [3.8, 4) is 0 Å². The van der Waals surface area contributed by atoms with Gasteiger partial charge in [-0.25, -0.2) is 9.97 Å². The van der Waals surface area contributed by atoms with E-state index in [-0.39, 0.29) is 0 Å². The molecule has 0 radical (unpaired) electrons. The van der Waals surface area contributed by atoms with Gasteiger partial charge in [-0.1, -0.05) is 42.5 Å². The Labute approximate surface area is 205 Å². The van der Waals surface area contributed by atoms with Crippen molar-refractivity contribution in [2.24, 2.45) is 5.92 Å². The summed E-state index contributed by atoms with van der Waals surface area (Å²) in [4.78, 5) is 12.4. The van der Waals surface area contributed by atoms with E-state index < -0.39 is 0 Å². The molecule has 6 rings (SSSR count). The zero-order valence-electron chi connectivity index (χ0n) is 20.4. The van der Waals surface area contributed by atoms with Gasteiger partial charge < -0.3 is 4.90 Å². The highest BCUT2D eigenvalue weighted by molar-refractivity contribution is 5.92. The van der Waals surface area contributed by atoms with Gasteiger partial charge in [0.25, 0.3) is 0 Å². The second-order valence-corrected chi connectivity index (χ2v) is 9.71. The van der Waals surface area contributed by atoms with E-state index in [0.29, 0.717) is 5.92 Å². The van der Waals surface area contributed by atoms with Crippen molar-refractivity contribution in [2.45, 2.75) is 46.1 Å². The van der Waals surface area contributed by atoms with Gasteiger partial charge in [0, 0.05) is 37.1 Å². The molecule has 1 fully saturated rings. The zero-order chi connectivity index (χ0) is 23.8. The molecule has 0 bridgehead atoms. The first-order valence-electron chi connectivity index (χ1n) is 12.6. The maximum Gasteiger partial charge on any atom is 0.229 e. The molecule has 1 aliphatic heterocycles. The van der Waals surface area contributed by atoms with Gasteiger partial charge in [0.15, 0.2) is 11.5 Å². The predicted octanol–water partition coefficient (Wildman–Crippen LogP) is 4.79. The first-order chi connectivity index (χ1) is 17.1. The van der Waals surface area contributed by atoms with Crippen LogP contribution >= 0.6 is 0 Å². The number of piperidine rings is 1. The number of rotatable bonds is 6. The molecule has 0 N–H and O–H groups in total. The van der Waals surface area contributed by atoms with E-state index in [1.807, 2.05) is 28.3 Å². The van der Waals surface area contributed by atoms with Crippen LogP contribution in [0.1, 0.15) is 35.6 Å². The van der Waals surface area contributed by atoms with Gasteiger partial charge >= 0.3 is 0 Å². The lowest BCUT2D eigenvalue weighted by Gasteiger charge is -2.32. The highest BCUT2D eigenvalue weighted by atomic mass is 15.4. The van der Waals surface area contributed by atoms with Crippen molar-refractivity contribution in [1.82, 2.24) is 29.4 Å². The van der Waals surface area contributed by atoms with Crippen LogP contribution in [0, 0.1) is 19.8 Å². The van der Waals surface area contributed by atoms with Crippen molar-refractivity contribution >= 4 is 22.5 Å². The van der Waals surface area contributed by atoms with Gasteiger partial charge in [0.05, 0.1) is 11.2 Å². The van der Waals surface area contributed by atoms with Crippen molar-refractivity contribution in [1.29, 1.82) is 0 Å². The average Bonchev–Trinajstić information content (AvgIpc) is 3.45. The van der Waals surface area contributed by atoms with E-state index in [2.05, 4.69) is 65.5 Å². The Bertz CT molecular complexity index is 1460. The number of hydrogen-bond acceptors (Lipinski definition) is 5. The fourth-order valence-corrected chi connectivity index (χ4v) is 5.29. The molecule has 0 saturated carbocycles. The normalized spacial score (nSPS) is 14.9. The van der Waals surface area contributed by atoms with Crippen LogP contribution in [0.15, 0.2) is 60.7 Å². The number of aryl methyl sites for hydroxylation is 4. The minimum absolute atomic E-state index is 0.705. The van der Waals surface area contributed by atoms with Crippen LogP contribution in [0.4, 0.5) is 5.95 Å². The number of aromatic nitrogens is 6. The van der Waals surface area contributed by atoms with Gasteiger partial charge in [-0.3, -0.25) is 4.68 Å². The van der Waals surface area contributed by atoms with E-state index in [9.17, 15) is 0 Å². The highest BCUT2D eigenvalue weighted by Gasteiger charge is 2.24. The molecule has 0 aliphatic carbocycles. The van der Waals surface area contributed by atoms with Crippen LogP contribution in [-0.2, 0) is 19.4 Å². The van der Waals surface area contributed by atoms with Crippen LogP contribution in [-0.4, -0.2) is 42.5 Å². The maximum atomic E-state index is 5.05. The molecule has 178 valence electrons. The number of para-hydroxylation sites is 1. The lowest BCUT2D eigenvalue weighted by molar-refractivity contribution is 0.399. The number of anilines is 1. The summed E-state index contributed by atoms with van der Waals surface area (Å²) in [5.41, 5.74) is 5.50. The Kier molecular flexibility index (Phi) is 5.68. The minimum Gasteiger partial charge on any atom is -0.341 e. The molecule has 1 saturated heterocycles. The lowest BCUT2D eigenvalue weighted by Crippen LogP contribution is -2.36. The standard InChI is InChI=1S/C28H31N7/c1-20-18-21(2)34(31-20)17-14-26-30-27-24-10-6-7-11-25(24)29-28(35(27)32-26)33-15-12-23(13-16-33)19-22-8-4-3-5-9-22/h3-11,18,23H,12-17,19H2,1-2H3. The van der Waals surface area contributed by atoms with Gasteiger partial charge in [-0.05, 0) is 62.8 Å². The fourth-order valence-electron chi connectivity index (χ4n) is 5.29. The molecular formula is C28H31N7. The molecule has 0 amide bonds. The minimum atomic E-state index is 0.705. The molecule has 1 aliphatic rings. The first-order valence-corrected chi connectivity index (χ1v) is 12.6. The van der Waals surface area contributed by atoms with E-state index in [1.54, 1.807) is 0 Å². The number of benzene rings is 2. The molecule has 7 heteroatoms. The number of hydrogen-bond donors (Lipinski definition) is 0. The Hall–Kier alpha value is -3.74. The van der Waals surface area contributed by atoms with Gasteiger partial charge in [0.2, 0.25) is 5.95 Å². The summed E-state index contributed by atoms with van der Waals surface area (Å²) in [5.74, 6) is 2.44.